The largest absolute Gasteiger partial charge is 0.480 e. The Labute approximate surface area is 141 Å². The summed E-state index contributed by atoms with van der Waals surface area (Å²) in [6.07, 6.45) is 0.622. The average Bonchev–Trinajstić information content (AvgIpc) is 2.39. The molecule has 1 rings (SSSR count). The Bertz CT molecular complexity index is 531. The van der Waals surface area contributed by atoms with Gasteiger partial charge in [0, 0.05) is 4.47 Å². The number of aliphatic carboxylic acids is 1. The summed E-state index contributed by atoms with van der Waals surface area (Å²) in [5.74, 6) is -1.29. The summed E-state index contributed by atoms with van der Waals surface area (Å²) >= 11 is 15.2. The van der Waals surface area contributed by atoms with Gasteiger partial charge in [0.2, 0.25) is 0 Å². The number of carbonyl (C=O) groups excluding carboxylic acids is 1. The summed E-state index contributed by atoms with van der Waals surface area (Å²) in [5.41, 5.74) is 0.229. The van der Waals surface area contributed by atoms with E-state index in [1.165, 1.54) is 0 Å². The number of hydrogen-bond acceptors (Lipinski definition) is 2. The minimum absolute atomic E-state index is 0.205. The summed E-state index contributed by atoms with van der Waals surface area (Å²) in [6.45, 7) is 3.60. The number of carbonyl (C=O) groups is 2. The van der Waals surface area contributed by atoms with Gasteiger partial charge in [0.1, 0.15) is 6.04 Å². The van der Waals surface area contributed by atoms with Gasteiger partial charge in [0.15, 0.2) is 0 Å². The second-order valence-corrected chi connectivity index (χ2v) is 6.27. The topological polar surface area (TPSA) is 78.4 Å². The molecule has 0 heterocycles. The maximum absolute atomic E-state index is 11.9. The number of halogens is 3. The van der Waals surface area contributed by atoms with Gasteiger partial charge in [-0.2, -0.15) is 0 Å². The highest BCUT2D eigenvalue weighted by atomic mass is 79.9. The molecule has 1 aromatic rings. The van der Waals surface area contributed by atoms with Gasteiger partial charge in [0.05, 0.1) is 15.7 Å². The van der Waals surface area contributed by atoms with E-state index in [9.17, 15) is 9.59 Å². The number of amides is 2. The predicted octanol–water partition coefficient (Wildman–Crippen LogP) is 4.38. The zero-order valence-electron chi connectivity index (χ0n) is 11.4. The Balaban J connectivity index is 2.84. The SMILES string of the molecule is CCC(C)C(NC(=O)Nc1c(Cl)cc(Br)cc1Cl)C(=O)O. The maximum atomic E-state index is 11.9. The molecule has 0 aromatic heterocycles. The van der Waals surface area contributed by atoms with Crippen molar-refractivity contribution in [2.45, 2.75) is 26.3 Å². The van der Waals surface area contributed by atoms with Gasteiger partial charge in [-0.1, -0.05) is 59.4 Å². The second kappa shape index (κ2) is 7.87. The average molecular weight is 398 g/mol. The molecule has 0 fully saturated rings. The lowest BCUT2D eigenvalue weighted by atomic mass is 9.99. The molecular weight excluding hydrogens is 383 g/mol. The summed E-state index contributed by atoms with van der Waals surface area (Å²) in [4.78, 5) is 23.1. The molecule has 0 bridgehead atoms. The molecule has 2 unspecified atom stereocenters. The molecule has 5 nitrogen and oxygen atoms in total. The molecule has 21 heavy (non-hydrogen) atoms. The third-order valence-electron chi connectivity index (χ3n) is 3.01. The molecular formula is C13H15BrCl2N2O3. The third-order valence-corrected chi connectivity index (χ3v) is 4.07. The van der Waals surface area contributed by atoms with Crippen molar-refractivity contribution in [3.63, 3.8) is 0 Å². The van der Waals surface area contributed by atoms with Crippen LogP contribution in [0.4, 0.5) is 10.5 Å². The van der Waals surface area contributed by atoms with Crippen LogP contribution >= 0.6 is 39.1 Å². The van der Waals surface area contributed by atoms with Crippen LogP contribution in [-0.4, -0.2) is 23.1 Å². The van der Waals surface area contributed by atoms with Crippen LogP contribution in [0.25, 0.3) is 0 Å². The zero-order valence-corrected chi connectivity index (χ0v) is 14.5. The first-order valence-corrected chi connectivity index (χ1v) is 7.76. The Morgan fingerprint density at radius 1 is 1.33 bits per heavy atom. The highest BCUT2D eigenvalue weighted by molar-refractivity contribution is 9.10. The Morgan fingerprint density at radius 2 is 1.86 bits per heavy atom. The van der Waals surface area contributed by atoms with Crippen LogP contribution in [0.2, 0.25) is 10.0 Å². The molecule has 116 valence electrons. The van der Waals surface area contributed by atoms with E-state index in [0.717, 1.165) is 0 Å². The van der Waals surface area contributed by atoms with Gasteiger partial charge in [-0.15, -0.1) is 0 Å². The van der Waals surface area contributed by atoms with Crippen LogP contribution in [0, 0.1) is 5.92 Å². The van der Waals surface area contributed by atoms with Crippen LogP contribution in [0.3, 0.4) is 0 Å². The molecule has 2 amide bonds. The van der Waals surface area contributed by atoms with Crippen LogP contribution in [-0.2, 0) is 4.79 Å². The van der Waals surface area contributed by atoms with Gasteiger partial charge < -0.3 is 15.7 Å². The lowest BCUT2D eigenvalue weighted by Crippen LogP contribution is -2.46. The lowest BCUT2D eigenvalue weighted by Gasteiger charge is -2.20. The Kier molecular flexibility index (Phi) is 6.77. The van der Waals surface area contributed by atoms with Crippen molar-refractivity contribution in [1.29, 1.82) is 0 Å². The monoisotopic (exact) mass is 396 g/mol. The first kappa shape index (κ1) is 18.1. The van der Waals surface area contributed by atoms with Crippen molar-refractivity contribution in [2.75, 3.05) is 5.32 Å². The lowest BCUT2D eigenvalue weighted by molar-refractivity contribution is -0.140. The smallest absolute Gasteiger partial charge is 0.326 e. The molecule has 3 N–H and O–H groups in total. The summed E-state index contributed by atoms with van der Waals surface area (Å²) in [6, 6.07) is 1.50. The van der Waals surface area contributed by atoms with E-state index in [0.29, 0.717) is 10.9 Å². The standard InChI is InChI=1S/C13H15BrCl2N2O3/c1-3-6(2)10(12(19)20)17-13(21)18-11-8(15)4-7(14)5-9(11)16/h4-6,10H,3H2,1-2H3,(H,19,20)(H2,17,18,21). The molecule has 0 aliphatic carbocycles. The molecule has 2 atom stereocenters. The van der Waals surface area contributed by atoms with E-state index >= 15 is 0 Å². The zero-order chi connectivity index (χ0) is 16.2. The first-order chi connectivity index (χ1) is 9.76. The number of rotatable bonds is 5. The highest BCUT2D eigenvalue weighted by Gasteiger charge is 2.25. The first-order valence-electron chi connectivity index (χ1n) is 6.21. The number of carboxylic acid groups (broad SMARTS) is 1. The molecule has 0 aliphatic rings. The van der Waals surface area contributed by atoms with E-state index in [-0.39, 0.29) is 21.7 Å². The van der Waals surface area contributed by atoms with E-state index in [4.69, 9.17) is 28.3 Å². The highest BCUT2D eigenvalue weighted by Crippen LogP contribution is 2.33. The predicted molar refractivity (Wildman–Crippen MR) is 87.2 cm³/mol. The second-order valence-electron chi connectivity index (χ2n) is 4.54. The normalized spacial score (nSPS) is 13.4. The van der Waals surface area contributed by atoms with Gasteiger partial charge in [0.25, 0.3) is 0 Å². The van der Waals surface area contributed by atoms with Crippen molar-refractivity contribution in [2.24, 2.45) is 5.92 Å². The molecule has 0 saturated heterocycles. The van der Waals surface area contributed by atoms with Gasteiger partial charge in [-0.25, -0.2) is 9.59 Å². The molecule has 0 saturated carbocycles. The summed E-state index contributed by atoms with van der Waals surface area (Å²) in [5, 5.41) is 14.5. The number of nitrogens with one attached hydrogen (secondary N) is 2. The molecule has 0 aliphatic heterocycles. The quantitative estimate of drug-likeness (QED) is 0.689. The molecule has 1 aromatic carbocycles. The van der Waals surface area contributed by atoms with Crippen LogP contribution in [0.1, 0.15) is 20.3 Å². The fourth-order valence-corrected chi connectivity index (χ4v) is 2.94. The van der Waals surface area contributed by atoms with E-state index in [1.54, 1.807) is 19.1 Å². The van der Waals surface area contributed by atoms with Crippen molar-refractivity contribution in [1.82, 2.24) is 5.32 Å². The molecule has 0 spiro atoms. The van der Waals surface area contributed by atoms with Crippen molar-refractivity contribution in [3.05, 3.63) is 26.7 Å². The minimum Gasteiger partial charge on any atom is -0.480 e. The third kappa shape index (κ3) is 5.05. The number of hydrogen-bond donors (Lipinski definition) is 3. The summed E-state index contributed by atoms with van der Waals surface area (Å²) < 4.78 is 0.673. The van der Waals surface area contributed by atoms with Gasteiger partial charge in [-0.05, 0) is 18.1 Å². The van der Waals surface area contributed by atoms with E-state index in [1.807, 2.05) is 6.92 Å². The fraction of sp³-hybridized carbons (Fsp3) is 0.385. The Hall–Kier alpha value is -0.980. The maximum Gasteiger partial charge on any atom is 0.326 e. The number of carboxylic acids is 1. The van der Waals surface area contributed by atoms with E-state index in [2.05, 4.69) is 26.6 Å². The van der Waals surface area contributed by atoms with Crippen molar-refractivity contribution in [3.8, 4) is 0 Å². The number of urea groups is 1. The van der Waals surface area contributed by atoms with Crippen LogP contribution in [0.5, 0.6) is 0 Å². The molecule has 8 heteroatoms. The fourth-order valence-electron chi connectivity index (χ4n) is 1.64. The summed E-state index contributed by atoms with van der Waals surface area (Å²) in [7, 11) is 0. The van der Waals surface area contributed by atoms with Crippen LogP contribution < -0.4 is 10.6 Å². The number of benzene rings is 1. The number of anilines is 1. The van der Waals surface area contributed by atoms with Crippen molar-refractivity contribution < 1.29 is 14.7 Å². The van der Waals surface area contributed by atoms with Crippen molar-refractivity contribution >= 4 is 56.8 Å². The van der Waals surface area contributed by atoms with Crippen LogP contribution in [0.15, 0.2) is 16.6 Å². The van der Waals surface area contributed by atoms with Gasteiger partial charge in [-0.3, -0.25) is 0 Å². The Morgan fingerprint density at radius 3 is 2.29 bits per heavy atom. The van der Waals surface area contributed by atoms with E-state index < -0.39 is 18.0 Å². The minimum atomic E-state index is -1.09. The molecule has 0 radical (unpaired) electrons. The van der Waals surface area contributed by atoms with Gasteiger partial charge >= 0.3 is 12.0 Å².